The SMILES string of the molecule is O=S(=O)(Nc1nccs1)c1ccc(-c2ccc(C=NNc3ccccc3)o2)cc1. The molecule has 0 radical (unpaired) electrons. The molecule has 2 heterocycles. The highest BCUT2D eigenvalue weighted by Crippen LogP contribution is 2.24. The number of para-hydroxylation sites is 1. The van der Waals surface area contributed by atoms with Crippen molar-refractivity contribution in [2.45, 2.75) is 4.90 Å². The molecular formula is C20H16N4O3S2. The van der Waals surface area contributed by atoms with Gasteiger partial charge in [0.1, 0.15) is 11.5 Å². The third kappa shape index (κ3) is 4.71. The van der Waals surface area contributed by atoms with Crippen LogP contribution in [0, 0.1) is 0 Å². The van der Waals surface area contributed by atoms with Crippen LogP contribution >= 0.6 is 11.3 Å². The van der Waals surface area contributed by atoms with Crippen LogP contribution in [0.3, 0.4) is 0 Å². The van der Waals surface area contributed by atoms with Crippen LogP contribution in [0.2, 0.25) is 0 Å². The van der Waals surface area contributed by atoms with E-state index in [2.05, 4.69) is 20.2 Å². The van der Waals surface area contributed by atoms with Crippen molar-refractivity contribution in [1.82, 2.24) is 4.98 Å². The summed E-state index contributed by atoms with van der Waals surface area (Å²) in [5, 5.41) is 6.17. The van der Waals surface area contributed by atoms with E-state index in [1.807, 2.05) is 30.3 Å². The van der Waals surface area contributed by atoms with E-state index < -0.39 is 10.0 Å². The number of hydrogen-bond acceptors (Lipinski definition) is 7. The first-order valence-corrected chi connectivity index (χ1v) is 10.9. The summed E-state index contributed by atoms with van der Waals surface area (Å²) in [7, 11) is -3.68. The van der Waals surface area contributed by atoms with Gasteiger partial charge in [0, 0.05) is 17.1 Å². The largest absolute Gasteiger partial charge is 0.455 e. The van der Waals surface area contributed by atoms with Gasteiger partial charge in [0.25, 0.3) is 10.0 Å². The zero-order valence-corrected chi connectivity index (χ0v) is 16.7. The molecular weight excluding hydrogens is 408 g/mol. The smallest absolute Gasteiger partial charge is 0.263 e. The van der Waals surface area contributed by atoms with Crippen LogP contribution in [-0.2, 0) is 10.0 Å². The van der Waals surface area contributed by atoms with Gasteiger partial charge in [-0.2, -0.15) is 5.10 Å². The molecule has 0 aliphatic rings. The molecule has 2 N–H and O–H groups in total. The molecule has 0 bridgehead atoms. The van der Waals surface area contributed by atoms with Crippen LogP contribution in [0.1, 0.15) is 5.76 Å². The van der Waals surface area contributed by atoms with E-state index >= 15 is 0 Å². The zero-order valence-electron chi connectivity index (χ0n) is 15.0. The summed E-state index contributed by atoms with van der Waals surface area (Å²) in [6.45, 7) is 0. The fourth-order valence-corrected chi connectivity index (χ4v) is 4.30. The van der Waals surface area contributed by atoms with Crippen molar-refractivity contribution < 1.29 is 12.8 Å². The second kappa shape index (κ2) is 8.29. The minimum atomic E-state index is -3.68. The van der Waals surface area contributed by atoms with Crippen LogP contribution in [0.5, 0.6) is 0 Å². The second-order valence-corrected chi connectivity index (χ2v) is 8.48. The van der Waals surface area contributed by atoms with E-state index in [4.69, 9.17) is 4.42 Å². The number of sulfonamides is 1. The van der Waals surface area contributed by atoms with Gasteiger partial charge in [-0.15, -0.1) is 11.3 Å². The van der Waals surface area contributed by atoms with Gasteiger partial charge in [0.15, 0.2) is 5.13 Å². The maximum Gasteiger partial charge on any atom is 0.263 e. The number of rotatable bonds is 7. The average molecular weight is 425 g/mol. The Kier molecular flexibility index (Phi) is 5.41. The Morgan fingerprint density at radius 3 is 2.52 bits per heavy atom. The summed E-state index contributed by atoms with van der Waals surface area (Å²) < 4.78 is 33.0. The number of aromatic nitrogens is 1. The summed E-state index contributed by atoms with van der Waals surface area (Å²) >= 11 is 1.22. The highest BCUT2D eigenvalue weighted by atomic mass is 32.2. The molecule has 4 rings (SSSR count). The third-order valence-corrected chi connectivity index (χ3v) is 6.06. The number of nitrogens with one attached hydrogen (secondary N) is 2. The number of nitrogens with zero attached hydrogens (tertiary/aromatic N) is 2. The van der Waals surface area contributed by atoms with Crippen molar-refractivity contribution in [3.63, 3.8) is 0 Å². The van der Waals surface area contributed by atoms with Crippen molar-refractivity contribution >= 4 is 38.4 Å². The van der Waals surface area contributed by atoms with E-state index in [0.717, 1.165) is 11.3 Å². The van der Waals surface area contributed by atoms with Crippen molar-refractivity contribution in [3.05, 3.63) is 84.1 Å². The van der Waals surface area contributed by atoms with E-state index in [1.165, 1.54) is 23.5 Å². The van der Waals surface area contributed by atoms with Gasteiger partial charge in [0.05, 0.1) is 16.8 Å². The molecule has 0 fully saturated rings. The van der Waals surface area contributed by atoms with Crippen molar-refractivity contribution in [2.75, 3.05) is 10.1 Å². The van der Waals surface area contributed by atoms with Crippen molar-refractivity contribution in [3.8, 4) is 11.3 Å². The molecule has 2 aromatic carbocycles. The molecule has 0 spiro atoms. The van der Waals surface area contributed by atoms with Gasteiger partial charge in [-0.25, -0.2) is 13.4 Å². The number of furan rings is 1. The first kappa shape index (κ1) is 18.9. The van der Waals surface area contributed by atoms with Crippen molar-refractivity contribution in [1.29, 1.82) is 0 Å². The van der Waals surface area contributed by atoms with Gasteiger partial charge in [-0.3, -0.25) is 10.1 Å². The monoisotopic (exact) mass is 424 g/mol. The van der Waals surface area contributed by atoms with E-state index in [9.17, 15) is 8.42 Å². The Bertz CT molecular complexity index is 1200. The molecule has 9 heteroatoms. The number of hydrazone groups is 1. The summed E-state index contributed by atoms with van der Waals surface area (Å²) in [6.07, 6.45) is 3.12. The molecule has 7 nitrogen and oxygen atoms in total. The molecule has 29 heavy (non-hydrogen) atoms. The fraction of sp³-hybridized carbons (Fsp3) is 0. The predicted molar refractivity (Wildman–Crippen MR) is 115 cm³/mol. The summed E-state index contributed by atoms with van der Waals surface area (Å²) in [5.41, 5.74) is 4.55. The van der Waals surface area contributed by atoms with E-state index in [0.29, 0.717) is 16.7 Å². The van der Waals surface area contributed by atoms with Gasteiger partial charge in [-0.1, -0.05) is 18.2 Å². The number of anilines is 2. The second-order valence-electron chi connectivity index (χ2n) is 5.91. The average Bonchev–Trinajstić information content (AvgIpc) is 3.41. The highest BCUT2D eigenvalue weighted by Gasteiger charge is 2.15. The lowest BCUT2D eigenvalue weighted by Crippen LogP contribution is -2.12. The Hall–Kier alpha value is -3.43. The van der Waals surface area contributed by atoms with Gasteiger partial charge in [-0.05, 0) is 48.5 Å². The lowest BCUT2D eigenvalue weighted by atomic mass is 10.2. The van der Waals surface area contributed by atoms with E-state index in [-0.39, 0.29) is 4.90 Å². The quantitative estimate of drug-likeness (QED) is 0.332. The molecule has 0 aliphatic carbocycles. The molecule has 0 saturated heterocycles. The van der Waals surface area contributed by atoms with E-state index in [1.54, 1.807) is 42.1 Å². The zero-order chi connectivity index (χ0) is 20.1. The normalized spacial score (nSPS) is 11.6. The molecule has 0 atom stereocenters. The third-order valence-electron chi connectivity index (χ3n) is 3.89. The Morgan fingerprint density at radius 2 is 1.79 bits per heavy atom. The summed E-state index contributed by atoms with van der Waals surface area (Å²) in [4.78, 5) is 4.08. The number of hydrogen-bond donors (Lipinski definition) is 2. The lowest BCUT2D eigenvalue weighted by molar-refractivity contribution is 0.575. The van der Waals surface area contributed by atoms with Crippen LogP contribution in [0.15, 0.2) is 92.7 Å². The number of benzene rings is 2. The molecule has 0 aliphatic heterocycles. The maximum atomic E-state index is 12.4. The lowest BCUT2D eigenvalue weighted by Gasteiger charge is -2.05. The Labute approximate surface area is 171 Å². The summed E-state index contributed by atoms with van der Waals surface area (Å²) in [6, 6.07) is 19.6. The molecule has 146 valence electrons. The topological polar surface area (TPSA) is 96.6 Å². The van der Waals surface area contributed by atoms with Crippen molar-refractivity contribution in [2.24, 2.45) is 5.10 Å². The van der Waals surface area contributed by atoms with Gasteiger partial charge < -0.3 is 4.42 Å². The highest BCUT2D eigenvalue weighted by molar-refractivity contribution is 7.93. The first-order chi connectivity index (χ1) is 14.1. The Morgan fingerprint density at radius 1 is 1.00 bits per heavy atom. The minimum Gasteiger partial charge on any atom is -0.455 e. The molecule has 0 saturated carbocycles. The van der Waals surface area contributed by atoms with Gasteiger partial charge >= 0.3 is 0 Å². The standard InChI is InChI=1S/C20H16N4O3S2/c25-29(26,24-20-21-12-13-28-20)18-9-6-15(7-10-18)19-11-8-17(27-19)14-22-23-16-4-2-1-3-5-16/h1-14,23H,(H,21,24). The summed E-state index contributed by atoms with van der Waals surface area (Å²) in [5.74, 6) is 1.19. The molecule has 0 amide bonds. The maximum absolute atomic E-state index is 12.4. The molecule has 4 aromatic rings. The molecule has 2 aromatic heterocycles. The van der Waals surface area contributed by atoms with Crippen LogP contribution in [0.25, 0.3) is 11.3 Å². The van der Waals surface area contributed by atoms with Crippen LogP contribution < -0.4 is 10.1 Å². The van der Waals surface area contributed by atoms with Crippen LogP contribution in [0.4, 0.5) is 10.8 Å². The van der Waals surface area contributed by atoms with Gasteiger partial charge in [0.2, 0.25) is 0 Å². The first-order valence-electron chi connectivity index (χ1n) is 8.57. The predicted octanol–water partition coefficient (Wildman–Crippen LogP) is 4.65. The Balaban J connectivity index is 1.44. The fourth-order valence-electron chi connectivity index (χ4n) is 2.51. The molecule has 0 unspecified atom stereocenters. The minimum absolute atomic E-state index is 0.150. The van der Waals surface area contributed by atoms with Crippen LogP contribution in [-0.4, -0.2) is 19.6 Å². The number of thiazole rings is 1.